The minimum absolute atomic E-state index is 0.677. The van der Waals surface area contributed by atoms with Gasteiger partial charge in [0, 0.05) is 23.8 Å². The molecule has 0 saturated heterocycles. The Morgan fingerprint density at radius 3 is 2.95 bits per heavy atom. The lowest BCUT2D eigenvalue weighted by atomic mass is 10.2. The van der Waals surface area contributed by atoms with Crippen molar-refractivity contribution in [1.82, 2.24) is 9.55 Å². The summed E-state index contributed by atoms with van der Waals surface area (Å²) in [5, 5.41) is 3.35. The van der Waals surface area contributed by atoms with E-state index in [-0.39, 0.29) is 0 Å². The second kappa shape index (κ2) is 5.48. The normalized spacial score (nSPS) is 10.6. The van der Waals surface area contributed by atoms with E-state index in [0.717, 1.165) is 20.9 Å². The highest BCUT2D eigenvalue weighted by Crippen LogP contribution is 2.16. The molecule has 0 radical (unpaired) electrons. The van der Waals surface area contributed by atoms with Crippen molar-refractivity contribution < 1.29 is 4.42 Å². The summed E-state index contributed by atoms with van der Waals surface area (Å²) in [5.74, 6) is 0.928. The fraction of sp³-hybridized carbons (Fsp3) is 0.0714. The van der Waals surface area contributed by atoms with Gasteiger partial charge in [-0.1, -0.05) is 6.07 Å². The summed E-state index contributed by atoms with van der Waals surface area (Å²) >= 11 is 2.16. The molecule has 3 rings (SSSR count). The topological polar surface area (TPSA) is 43.0 Å². The van der Waals surface area contributed by atoms with Gasteiger partial charge in [-0.15, -0.1) is 0 Å². The fourth-order valence-electron chi connectivity index (χ4n) is 1.82. The summed E-state index contributed by atoms with van der Waals surface area (Å²) in [6, 6.07) is 12.1. The Kier molecular flexibility index (Phi) is 3.54. The highest BCUT2D eigenvalue weighted by atomic mass is 127. The monoisotopic (exact) mass is 365 g/mol. The van der Waals surface area contributed by atoms with Crippen LogP contribution < -0.4 is 5.32 Å². The molecule has 19 heavy (non-hydrogen) atoms. The third-order valence-corrected chi connectivity index (χ3v) is 3.32. The first kappa shape index (κ1) is 12.3. The average Bonchev–Trinajstić information content (AvgIpc) is 3.08. The van der Waals surface area contributed by atoms with Gasteiger partial charge < -0.3 is 14.3 Å². The zero-order valence-electron chi connectivity index (χ0n) is 10.1. The van der Waals surface area contributed by atoms with Gasteiger partial charge in [0.1, 0.15) is 5.76 Å². The van der Waals surface area contributed by atoms with Crippen LogP contribution in [0, 0.1) is 3.77 Å². The first-order valence-corrected chi connectivity index (χ1v) is 6.95. The van der Waals surface area contributed by atoms with Crippen LogP contribution in [0.1, 0.15) is 5.76 Å². The molecule has 2 heterocycles. The maximum Gasteiger partial charge on any atom is 0.164 e. The molecule has 0 amide bonds. The molecular weight excluding hydrogens is 353 g/mol. The van der Waals surface area contributed by atoms with Crippen LogP contribution in [0.4, 0.5) is 5.69 Å². The summed E-state index contributed by atoms with van der Waals surface area (Å²) in [6.07, 6.45) is 5.48. The van der Waals surface area contributed by atoms with Crippen molar-refractivity contribution in [3.05, 3.63) is 64.6 Å². The number of rotatable bonds is 4. The van der Waals surface area contributed by atoms with E-state index in [1.807, 2.05) is 41.1 Å². The molecule has 0 unspecified atom stereocenters. The van der Waals surface area contributed by atoms with Gasteiger partial charge in [0.05, 0.1) is 12.9 Å². The van der Waals surface area contributed by atoms with Gasteiger partial charge in [0.25, 0.3) is 0 Å². The molecule has 0 saturated carbocycles. The van der Waals surface area contributed by atoms with Crippen molar-refractivity contribution in [2.45, 2.75) is 6.54 Å². The number of anilines is 1. The number of hydrogen-bond donors (Lipinski definition) is 1. The first-order valence-electron chi connectivity index (χ1n) is 5.88. The van der Waals surface area contributed by atoms with Gasteiger partial charge in [-0.05, 0) is 52.9 Å². The maximum atomic E-state index is 5.52. The van der Waals surface area contributed by atoms with Gasteiger partial charge in [0.15, 0.2) is 3.77 Å². The number of nitrogens with one attached hydrogen (secondary N) is 1. The third kappa shape index (κ3) is 2.98. The van der Waals surface area contributed by atoms with E-state index >= 15 is 0 Å². The van der Waals surface area contributed by atoms with Crippen molar-refractivity contribution in [3.63, 3.8) is 0 Å². The summed E-state index contributed by atoms with van der Waals surface area (Å²) in [4.78, 5) is 4.05. The number of nitrogens with zero attached hydrogens (tertiary/aromatic N) is 2. The summed E-state index contributed by atoms with van der Waals surface area (Å²) in [6.45, 7) is 0.677. The first-order chi connectivity index (χ1) is 9.31. The third-order valence-electron chi connectivity index (χ3n) is 2.74. The van der Waals surface area contributed by atoms with E-state index < -0.39 is 0 Å². The average molecular weight is 365 g/mol. The standard InChI is InChI=1S/C14H12IN3O/c15-14-5-4-13(19-14)9-17-11-2-1-3-12(8-11)18-7-6-16-10-18/h1-8,10,17H,9H2. The largest absolute Gasteiger partial charge is 0.454 e. The van der Waals surface area contributed by atoms with E-state index in [2.05, 4.69) is 39.0 Å². The van der Waals surface area contributed by atoms with Gasteiger partial charge >= 0.3 is 0 Å². The molecule has 3 aromatic rings. The Morgan fingerprint density at radius 2 is 2.21 bits per heavy atom. The second-order valence-corrected chi connectivity index (χ2v) is 5.14. The lowest BCUT2D eigenvalue weighted by Gasteiger charge is -2.07. The highest BCUT2D eigenvalue weighted by molar-refractivity contribution is 14.1. The lowest BCUT2D eigenvalue weighted by molar-refractivity contribution is 0.493. The van der Waals surface area contributed by atoms with Crippen LogP contribution in [-0.4, -0.2) is 9.55 Å². The summed E-state index contributed by atoms with van der Waals surface area (Å²) in [5.41, 5.74) is 2.13. The Morgan fingerprint density at radius 1 is 1.26 bits per heavy atom. The van der Waals surface area contributed by atoms with E-state index in [0.29, 0.717) is 6.54 Å². The predicted molar refractivity (Wildman–Crippen MR) is 82.3 cm³/mol. The summed E-state index contributed by atoms with van der Waals surface area (Å²) in [7, 11) is 0. The smallest absolute Gasteiger partial charge is 0.164 e. The van der Waals surface area contributed by atoms with E-state index in [4.69, 9.17) is 4.42 Å². The quantitative estimate of drug-likeness (QED) is 0.718. The van der Waals surface area contributed by atoms with E-state index in [1.54, 1.807) is 12.5 Å². The molecule has 0 fully saturated rings. The Hall–Kier alpha value is -1.76. The zero-order chi connectivity index (χ0) is 13.1. The van der Waals surface area contributed by atoms with Crippen LogP contribution in [0.5, 0.6) is 0 Å². The molecule has 2 aromatic heterocycles. The number of halogens is 1. The predicted octanol–water partition coefficient (Wildman–Crippen LogP) is 3.68. The maximum absolute atomic E-state index is 5.52. The molecular formula is C14H12IN3O. The molecule has 0 atom stereocenters. The molecule has 4 nitrogen and oxygen atoms in total. The van der Waals surface area contributed by atoms with Crippen molar-refractivity contribution >= 4 is 28.3 Å². The minimum Gasteiger partial charge on any atom is -0.454 e. The molecule has 0 aliphatic heterocycles. The van der Waals surface area contributed by atoms with Crippen LogP contribution in [0.3, 0.4) is 0 Å². The van der Waals surface area contributed by atoms with E-state index in [1.165, 1.54) is 0 Å². The number of imidazole rings is 1. The van der Waals surface area contributed by atoms with Crippen LogP contribution in [0.25, 0.3) is 5.69 Å². The fourth-order valence-corrected chi connectivity index (χ4v) is 2.29. The minimum atomic E-state index is 0.677. The van der Waals surface area contributed by atoms with Crippen molar-refractivity contribution in [3.8, 4) is 5.69 Å². The van der Waals surface area contributed by atoms with Gasteiger partial charge in [-0.2, -0.15) is 0 Å². The Bertz CT molecular complexity index is 661. The van der Waals surface area contributed by atoms with Crippen molar-refractivity contribution in [1.29, 1.82) is 0 Å². The van der Waals surface area contributed by atoms with Gasteiger partial charge in [-0.3, -0.25) is 0 Å². The molecule has 1 aromatic carbocycles. The SMILES string of the molecule is Ic1ccc(CNc2cccc(-n3ccnc3)c2)o1. The van der Waals surface area contributed by atoms with Crippen molar-refractivity contribution in [2.24, 2.45) is 0 Å². The molecule has 0 bridgehead atoms. The summed E-state index contributed by atoms with van der Waals surface area (Å²) < 4.78 is 8.39. The highest BCUT2D eigenvalue weighted by Gasteiger charge is 2.01. The molecule has 0 spiro atoms. The number of hydrogen-bond acceptors (Lipinski definition) is 3. The molecule has 5 heteroatoms. The molecule has 96 valence electrons. The van der Waals surface area contributed by atoms with Crippen LogP contribution in [0.2, 0.25) is 0 Å². The van der Waals surface area contributed by atoms with Gasteiger partial charge in [-0.25, -0.2) is 4.98 Å². The molecule has 1 N–H and O–H groups in total. The van der Waals surface area contributed by atoms with Gasteiger partial charge in [0.2, 0.25) is 0 Å². The van der Waals surface area contributed by atoms with Crippen molar-refractivity contribution in [2.75, 3.05) is 5.32 Å². The van der Waals surface area contributed by atoms with Crippen LogP contribution >= 0.6 is 22.6 Å². The van der Waals surface area contributed by atoms with E-state index in [9.17, 15) is 0 Å². The zero-order valence-corrected chi connectivity index (χ0v) is 12.2. The Labute approximate surface area is 124 Å². The number of furan rings is 1. The molecule has 0 aliphatic rings. The number of benzene rings is 1. The lowest BCUT2D eigenvalue weighted by Crippen LogP contribution is -1.99. The van der Waals surface area contributed by atoms with Crippen LogP contribution in [-0.2, 0) is 6.54 Å². The Balaban J connectivity index is 1.73. The van der Waals surface area contributed by atoms with Crippen LogP contribution in [0.15, 0.2) is 59.5 Å². The second-order valence-electron chi connectivity index (χ2n) is 4.08. The molecule has 0 aliphatic carbocycles. The number of aromatic nitrogens is 2.